The number of fused-ring (bicyclic) bond motifs is 1. The van der Waals surface area contributed by atoms with Crippen molar-refractivity contribution in [3.8, 4) is 10.4 Å². The van der Waals surface area contributed by atoms with E-state index in [0.717, 1.165) is 23.5 Å². The van der Waals surface area contributed by atoms with Crippen LogP contribution in [0, 0.1) is 3.70 Å². The Hall–Kier alpha value is -0.990. The van der Waals surface area contributed by atoms with Crippen molar-refractivity contribution in [1.82, 2.24) is 14.5 Å². The molecule has 22 heavy (non-hydrogen) atoms. The molecule has 0 spiro atoms. The largest absolute Gasteiger partial charge is 0.371 e. The van der Waals surface area contributed by atoms with E-state index in [9.17, 15) is 0 Å². The van der Waals surface area contributed by atoms with Crippen molar-refractivity contribution in [2.75, 3.05) is 7.11 Å². The average Bonchev–Trinajstić information content (AvgIpc) is 3.06. The van der Waals surface area contributed by atoms with E-state index >= 15 is 0 Å². The molecule has 1 aliphatic rings. The molecule has 0 aromatic carbocycles. The molecule has 0 saturated heterocycles. The van der Waals surface area contributed by atoms with E-state index in [0.29, 0.717) is 0 Å². The summed E-state index contributed by atoms with van der Waals surface area (Å²) in [5.74, 6) is 0. The van der Waals surface area contributed by atoms with Crippen LogP contribution in [0.4, 0.5) is 0 Å². The summed E-state index contributed by atoms with van der Waals surface area (Å²) in [5.41, 5.74) is 2.08. The van der Waals surface area contributed by atoms with E-state index in [1.165, 1.54) is 25.9 Å². The molecule has 4 nitrogen and oxygen atoms in total. The Morgan fingerprint density at radius 3 is 2.86 bits per heavy atom. The zero-order valence-corrected chi connectivity index (χ0v) is 15.4. The SMILES string of the molecule is COC1(c2ncc(-c3ccnc4c3cc(I)n4C)s2)CCC1. The topological polar surface area (TPSA) is 39.9 Å². The molecule has 1 fully saturated rings. The maximum atomic E-state index is 5.75. The number of aromatic nitrogens is 3. The summed E-state index contributed by atoms with van der Waals surface area (Å²) in [4.78, 5) is 10.4. The number of pyridine rings is 1. The molecule has 0 aliphatic heterocycles. The van der Waals surface area contributed by atoms with Crippen molar-refractivity contribution in [3.63, 3.8) is 0 Å². The van der Waals surface area contributed by atoms with Crippen LogP contribution >= 0.6 is 33.9 Å². The van der Waals surface area contributed by atoms with E-state index in [1.54, 1.807) is 18.4 Å². The van der Waals surface area contributed by atoms with E-state index in [2.05, 4.69) is 49.3 Å². The Balaban J connectivity index is 1.83. The number of nitrogens with zero attached hydrogens (tertiary/aromatic N) is 3. The molecule has 0 atom stereocenters. The van der Waals surface area contributed by atoms with Crippen LogP contribution in [0.5, 0.6) is 0 Å². The molecule has 3 heterocycles. The van der Waals surface area contributed by atoms with Gasteiger partial charge in [-0.05, 0) is 54.0 Å². The maximum Gasteiger partial charge on any atom is 0.141 e. The zero-order chi connectivity index (χ0) is 15.3. The van der Waals surface area contributed by atoms with Gasteiger partial charge in [-0.2, -0.15) is 0 Å². The molecule has 0 bridgehead atoms. The monoisotopic (exact) mass is 425 g/mol. The van der Waals surface area contributed by atoms with Gasteiger partial charge in [-0.3, -0.25) is 0 Å². The Kier molecular flexibility index (Phi) is 3.50. The summed E-state index contributed by atoms with van der Waals surface area (Å²) in [6.07, 6.45) is 7.23. The Bertz CT molecular complexity index is 845. The molecular formula is C16H16IN3OS. The summed E-state index contributed by atoms with van der Waals surface area (Å²) >= 11 is 4.09. The van der Waals surface area contributed by atoms with Crippen LogP contribution in [0.2, 0.25) is 0 Å². The molecule has 114 valence electrons. The number of hydrogen-bond donors (Lipinski definition) is 0. The quantitative estimate of drug-likeness (QED) is 0.587. The van der Waals surface area contributed by atoms with Gasteiger partial charge in [0.1, 0.15) is 16.3 Å². The molecular weight excluding hydrogens is 409 g/mol. The van der Waals surface area contributed by atoms with Gasteiger partial charge in [0.15, 0.2) is 0 Å². The highest BCUT2D eigenvalue weighted by atomic mass is 127. The minimum atomic E-state index is -0.139. The maximum absolute atomic E-state index is 5.75. The van der Waals surface area contributed by atoms with Crippen LogP contribution in [0.15, 0.2) is 24.5 Å². The van der Waals surface area contributed by atoms with Crippen molar-refractivity contribution < 1.29 is 4.74 Å². The second-order valence-corrected chi connectivity index (χ2v) is 7.84. The minimum Gasteiger partial charge on any atom is -0.371 e. The second-order valence-electron chi connectivity index (χ2n) is 5.70. The lowest BCUT2D eigenvalue weighted by Crippen LogP contribution is -2.35. The number of methoxy groups -OCH3 is 1. The van der Waals surface area contributed by atoms with Gasteiger partial charge < -0.3 is 9.30 Å². The van der Waals surface area contributed by atoms with Gasteiger partial charge in [-0.25, -0.2) is 9.97 Å². The normalized spacial score (nSPS) is 16.9. The van der Waals surface area contributed by atoms with Crippen molar-refractivity contribution >= 4 is 45.0 Å². The van der Waals surface area contributed by atoms with Crippen LogP contribution in [0.25, 0.3) is 21.5 Å². The zero-order valence-electron chi connectivity index (χ0n) is 12.5. The van der Waals surface area contributed by atoms with Crippen LogP contribution in [-0.2, 0) is 17.4 Å². The first-order chi connectivity index (χ1) is 10.6. The van der Waals surface area contributed by atoms with Gasteiger partial charge in [0.25, 0.3) is 0 Å². The fraction of sp³-hybridized carbons (Fsp3) is 0.375. The Morgan fingerprint density at radius 1 is 1.36 bits per heavy atom. The minimum absolute atomic E-state index is 0.139. The highest BCUT2D eigenvalue weighted by molar-refractivity contribution is 14.1. The van der Waals surface area contributed by atoms with Gasteiger partial charge in [0.05, 0.1) is 8.58 Å². The van der Waals surface area contributed by atoms with Crippen molar-refractivity contribution in [1.29, 1.82) is 0 Å². The lowest BCUT2D eigenvalue weighted by atomic mass is 9.80. The van der Waals surface area contributed by atoms with Crippen molar-refractivity contribution in [2.24, 2.45) is 7.05 Å². The van der Waals surface area contributed by atoms with Crippen LogP contribution in [0.1, 0.15) is 24.3 Å². The summed E-state index contributed by atoms with van der Waals surface area (Å²) in [5, 5.41) is 2.29. The van der Waals surface area contributed by atoms with Crippen molar-refractivity contribution in [2.45, 2.75) is 24.9 Å². The molecule has 6 heteroatoms. The Labute approximate surface area is 146 Å². The third-order valence-corrected chi connectivity index (χ3v) is 6.83. The third kappa shape index (κ3) is 2.04. The van der Waals surface area contributed by atoms with Gasteiger partial charge in [-0.1, -0.05) is 0 Å². The summed E-state index contributed by atoms with van der Waals surface area (Å²) in [6.45, 7) is 0. The lowest BCUT2D eigenvalue weighted by Gasteiger charge is -2.38. The van der Waals surface area contributed by atoms with Crippen LogP contribution in [0.3, 0.4) is 0 Å². The standard InChI is InChI=1S/C16H16IN3OS/c1-20-13(17)8-11-10(4-7-18-14(11)20)12-9-19-15(22-12)16(21-2)5-3-6-16/h4,7-9H,3,5-6H2,1-2H3. The second kappa shape index (κ2) is 5.28. The van der Waals surface area contributed by atoms with Crippen molar-refractivity contribution in [3.05, 3.63) is 33.2 Å². The number of halogens is 1. The molecule has 1 saturated carbocycles. The highest BCUT2D eigenvalue weighted by Gasteiger charge is 2.41. The summed E-state index contributed by atoms with van der Waals surface area (Å²) in [7, 11) is 3.84. The van der Waals surface area contributed by atoms with Gasteiger partial charge >= 0.3 is 0 Å². The molecule has 4 rings (SSSR count). The van der Waals surface area contributed by atoms with E-state index in [1.807, 2.05) is 19.4 Å². The predicted octanol–water partition coefficient (Wildman–Crippen LogP) is 4.33. The fourth-order valence-corrected chi connectivity index (χ4v) is 4.74. The Morgan fingerprint density at radius 2 is 2.18 bits per heavy atom. The number of thiazole rings is 1. The number of hydrogen-bond acceptors (Lipinski definition) is 4. The van der Waals surface area contributed by atoms with Crippen LogP contribution in [-0.4, -0.2) is 21.6 Å². The number of ether oxygens (including phenoxy) is 1. The first kappa shape index (κ1) is 14.6. The van der Waals surface area contributed by atoms with Crippen LogP contribution < -0.4 is 0 Å². The average molecular weight is 425 g/mol. The lowest BCUT2D eigenvalue weighted by molar-refractivity contribution is -0.0779. The molecule has 1 aliphatic carbocycles. The van der Waals surface area contributed by atoms with E-state index in [-0.39, 0.29) is 5.60 Å². The van der Waals surface area contributed by atoms with Gasteiger partial charge in [0.2, 0.25) is 0 Å². The molecule has 3 aromatic heterocycles. The molecule has 0 amide bonds. The summed E-state index contributed by atoms with van der Waals surface area (Å²) in [6, 6.07) is 4.27. The fourth-order valence-electron chi connectivity index (χ4n) is 3.02. The molecule has 3 aromatic rings. The number of rotatable bonds is 3. The van der Waals surface area contributed by atoms with E-state index < -0.39 is 0 Å². The van der Waals surface area contributed by atoms with E-state index in [4.69, 9.17) is 4.74 Å². The third-order valence-electron chi connectivity index (χ3n) is 4.58. The molecule has 0 unspecified atom stereocenters. The highest BCUT2D eigenvalue weighted by Crippen LogP contribution is 2.47. The predicted molar refractivity (Wildman–Crippen MR) is 97.1 cm³/mol. The first-order valence-electron chi connectivity index (χ1n) is 7.26. The first-order valence-corrected chi connectivity index (χ1v) is 9.16. The number of aryl methyl sites for hydroxylation is 1. The summed E-state index contributed by atoms with van der Waals surface area (Å²) < 4.78 is 9.05. The van der Waals surface area contributed by atoms with Gasteiger partial charge in [0, 0.05) is 37.5 Å². The molecule has 0 radical (unpaired) electrons. The smallest absolute Gasteiger partial charge is 0.141 e. The van der Waals surface area contributed by atoms with Gasteiger partial charge in [-0.15, -0.1) is 11.3 Å². The molecule has 0 N–H and O–H groups in total.